The number of hydrogen-bond donors (Lipinski definition) is 0. The number of benzene rings is 4. The van der Waals surface area contributed by atoms with Gasteiger partial charge in [-0.1, -0.05) is 35.9 Å². The average Bonchev–Trinajstić information content (AvgIpc) is 2.77. The Kier molecular flexibility index (Phi) is 5.48. The Hall–Kier alpha value is -3.72. The van der Waals surface area contributed by atoms with Gasteiger partial charge in [0.2, 0.25) is 0 Å². The zero-order valence-corrected chi connectivity index (χ0v) is 16.6. The Labute approximate surface area is 171 Å². The van der Waals surface area contributed by atoms with Gasteiger partial charge < -0.3 is 14.4 Å². The van der Waals surface area contributed by atoms with Crippen LogP contribution in [0.4, 0.5) is 11.4 Å². The van der Waals surface area contributed by atoms with E-state index in [4.69, 9.17) is 9.47 Å². The molecule has 0 heterocycles. The van der Waals surface area contributed by atoms with E-state index in [2.05, 4.69) is 43.1 Å². The first kappa shape index (κ1) is 18.6. The number of ether oxygens (including phenoxy) is 2. The molecule has 4 aromatic rings. The van der Waals surface area contributed by atoms with Crippen molar-refractivity contribution in [2.75, 3.05) is 11.9 Å². The summed E-state index contributed by atoms with van der Waals surface area (Å²) in [5.41, 5.74) is 3.46. The molecule has 144 valence electrons. The van der Waals surface area contributed by atoms with Gasteiger partial charge in [0, 0.05) is 18.4 Å². The Morgan fingerprint density at radius 1 is 0.483 bits per heavy atom. The third kappa shape index (κ3) is 4.77. The van der Waals surface area contributed by atoms with E-state index in [1.54, 1.807) is 0 Å². The summed E-state index contributed by atoms with van der Waals surface area (Å²) in [5, 5.41) is 0. The molecule has 0 aromatic heterocycles. The first-order chi connectivity index (χ1) is 14.2. The average molecular weight is 381 g/mol. The molecule has 0 saturated carbocycles. The van der Waals surface area contributed by atoms with Crippen LogP contribution in [0.5, 0.6) is 23.0 Å². The van der Waals surface area contributed by atoms with Crippen LogP contribution in [0.15, 0.2) is 103 Å². The molecular weight excluding hydrogens is 358 g/mol. The monoisotopic (exact) mass is 381 g/mol. The van der Waals surface area contributed by atoms with E-state index in [0.29, 0.717) is 0 Å². The van der Waals surface area contributed by atoms with Crippen molar-refractivity contribution < 1.29 is 9.47 Å². The summed E-state index contributed by atoms with van der Waals surface area (Å²) in [6.45, 7) is 2.06. The molecule has 0 aliphatic rings. The molecule has 0 amide bonds. The van der Waals surface area contributed by atoms with Crippen molar-refractivity contribution in [1.82, 2.24) is 0 Å². The van der Waals surface area contributed by atoms with Crippen LogP contribution in [0.1, 0.15) is 5.56 Å². The normalized spacial score (nSPS) is 10.4. The fourth-order valence-corrected chi connectivity index (χ4v) is 2.99. The second-order valence-electron chi connectivity index (χ2n) is 6.88. The molecular formula is C26H23NO2. The summed E-state index contributed by atoms with van der Waals surface area (Å²) in [7, 11) is 2.05. The first-order valence-corrected chi connectivity index (χ1v) is 9.59. The maximum absolute atomic E-state index is 5.97. The van der Waals surface area contributed by atoms with Gasteiger partial charge in [-0.2, -0.15) is 0 Å². The highest BCUT2D eigenvalue weighted by molar-refractivity contribution is 5.63. The van der Waals surface area contributed by atoms with Crippen molar-refractivity contribution >= 4 is 11.4 Å². The molecule has 4 aromatic carbocycles. The van der Waals surface area contributed by atoms with Crippen LogP contribution >= 0.6 is 0 Å². The van der Waals surface area contributed by atoms with Gasteiger partial charge in [0.05, 0.1) is 0 Å². The molecule has 3 nitrogen and oxygen atoms in total. The SMILES string of the molecule is Cc1ccc(Oc2ccc(Oc3ccc(N(C)c4ccccc4)cc3)cc2)cc1. The minimum absolute atomic E-state index is 0.769. The predicted molar refractivity (Wildman–Crippen MR) is 119 cm³/mol. The van der Waals surface area contributed by atoms with Gasteiger partial charge in [-0.25, -0.2) is 0 Å². The van der Waals surface area contributed by atoms with E-state index >= 15 is 0 Å². The topological polar surface area (TPSA) is 21.7 Å². The number of nitrogens with zero attached hydrogens (tertiary/aromatic N) is 1. The summed E-state index contributed by atoms with van der Waals surface area (Å²) in [6, 6.07) is 34.0. The summed E-state index contributed by atoms with van der Waals surface area (Å²) in [6.07, 6.45) is 0. The van der Waals surface area contributed by atoms with Gasteiger partial charge in [0.1, 0.15) is 23.0 Å². The third-order valence-electron chi connectivity index (χ3n) is 4.68. The van der Waals surface area contributed by atoms with Gasteiger partial charge in [0.15, 0.2) is 0 Å². The number of rotatable bonds is 6. The Balaban J connectivity index is 1.39. The molecule has 0 spiro atoms. The zero-order chi connectivity index (χ0) is 20.1. The lowest BCUT2D eigenvalue weighted by Crippen LogP contribution is -2.08. The summed E-state index contributed by atoms with van der Waals surface area (Å²) in [4.78, 5) is 2.14. The van der Waals surface area contributed by atoms with Crippen LogP contribution in [0, 0.1) is 6.92 Å². The minimum Gasteiger partial charge on any atom is -0.457 e. The van der Waals surface area contributed by atoms with Crippen molar-refractivity contribution in [2.45, 2.75) is 6.92 Å². The van der Waals surface area contributed by atoms with Crippen LogP contribution in [0.2, 0.25) is 0 Å². The van der Waals surface area contributed by atoms with Crippen LogP contribution in [0.3, 0.4) is 0 Å². The van der Waals surface area contributed by atoms with Crippen molar-refractivity contribution in [2.24, 2.45) is 0 Å². The van der Waals surface area contributed by atoms with E-state index in [0.717, 1.165) is 34.4 Å². The lowest BCUT2D eigenvalue weighted by Gasteiger charge is -2.19. The fourth-order valence-electron chi connectivity index (χ4n) is 2.99. The summed E-state index contributed by atoms with van der Waals surface area (Å²) in [5.74, 6) is 3.16. The molecule has 4 rings (SSSR count). The van der Waals surface area contributed by atoms with Gasteiger partial charge in [-0.3, -0.25) is 0 Å². The molecule has 0 N–H and O–H groups in total. The second kappa shape index (κ2) is 8.53. The highest BCUT2D eigenvalue weighted by Crippen LogP contribution is 2.29. The van der Waals surface area contributed by atoms with E-state index in [9.17, 15) is 0 Å². The number of aryl methyl sites for hydroxylation is 1. The second-order valence-corrected chi connectivity index (χ2v) is 6.88. The van der Waals surface area contributed by atoms with Crippen molar-refractivity contribution in [3.63, 3.8) is 0 Å². The lowest BCUT2D eigenvalue weighted by atomic mass is 10.2. The molecule has 0 saturated heterocycles. The van der Waals surface area contributed by atoms with Crippen LogP contribution in [0.25, 0.3) is 0 Å². The number of hydrogen-bond acceptors (Lipinski definition) is 3. The maximum atomic E-state index is 5.97. The molecule has 0 radical (unpaired) electrons. The Morgan fingerprint density at radius 3 is 1.34 bits per heavy atom. The van der Waals surface area contributed by atoms with E-state index < -0.39 is 0 Å². The van der Waals surface area contributed by atoms with E-state index in [1.807, 2.05) is 78.9 Å². The van der Waals surface area contributed by atoms with E-state index in [1.165, 1.54) is 5.56 Å². The molecule has 0 atom stereocenters. The lowest BCUT2D eigenvalue weighted by molar-refractivity contribution is 0.469. The molecule has 0 fully saturated rings. The quantitative estimate of drug-likeness (QED) is 0.348. The van der Waals surface area contributed by atoms with Crippen LogP contribution in [-0.2, 0) is 0 Å². The van der Waals surface area contributed by atoms with Gasteiger partial charge >= 0.3 is 0 Å². The summed E-state index contributed by atoms with van der Waals surface area (Å²) >= 11 is 0. The van der Waals surface area contributed by atoms with Gasteiger partial charge in [0.25, 0.3) is 0 Å². The predicted octanol–water partition coefficient (Wildman–Crippen LogP) is 7.35. The third-order valence-corrected chi connectivity index (χ3v) is 4.68. The molecule has 0 aliphatic carbocycles. The van der Waals surface area contributed by atoms with Crippen LogP contribution in [-0.4, -0.2) is 7.05 Å². The van der Waals surface area contributed by atoms with Gasteiger partial charge in [-0.15, -0.1) is 0 Å². The Morgan fingerprint density at radius 2 is 0.862 bits per heavy atom. The van der Waals surface area contributed by atoms with Crippen molar-refractivity contribution in [3.05, 3.63) is 109 Å². The van der Waals surface area contributed by atoms with Gasteiger partial charge in [-0.05, 0) is 79.7 Å². The van der Waals surface area contributed by atoms with Crippen LogP contribution < -0.4 is 14.4 Å². The van der Waals surface area contributed by atoms with Crippen molar-refractivity contribution in [3.8, 4) is 23.0 Å². The first-order valence-electron chi connectivity index (χ1n) is 9.59. The van der Waals surface area contributed by atoms with E-state index in [-0.39, 0.29) is 0 Å². The highest BCUT2D eigenvalue weighted by atomic mass is 16.5. The number of anilines is 2. The summed E-state index contributed by atoms with van der Waals surface area (Å²) < 4.78 is 11.8. The molecule has 0 aliphatic heterocycles. The molecule has 0 unspecified atom stereocenters. The number of para-hydroxylation sites is 1. The smallest absolute Gasteiger partial charge is 0.127 e. The molecule has 3 heteroatoms. The molecule has 29 heavy (non-hydrogen) atoms. The maximum Gasteiger partial charge on any atom is 0.127 e. The molecule has 0 bridgehead atoms. The fraction of sp³-hybridized carbons (Fsp3) is 0.0769. The largest absolute Gasteiger partial charge is 0.457 e. The Bertz CT molecular complexity index is 1040. The minimum atomic E-state index is 0.769. The zero-order valence-electron chi connectivity index (χ0n) is 16.6. The standard InChI is InChI=1S/C26H23NO2/c1-20-8-12-23(13-9-20)28-25-16-18-26(19-17-25)29-24-14-10-22(11-15-24)27(2)21-6-4-3-5-7-21/h3-19H,1-2H3. The highest BCUT2D eigenvalue weighted by Gasteiger charge is 2.05. The van der Waals surface area contributed by atoms with Crippen molar-refractivity contribution in [1.29, 1.82) is 0 Å².